The van der Waals surface area contributed by atoms with Crippen molar-refractivity contribution in [3.8, 4) is 11.5 Å². The molecule has 0 bridgehead atoms. The molecule has 0 saturated heterocycles. The standard InChI is InChI=1S/C23H23FO5/c1-4-29-23(26)22-19(18-13-17(27-2)8-9-21(18)28-3)11-15(12-20(22)25)14-6-5-7-16(24)10-14/h5-10,12-13,19,22H,4,11H2,1-3H3/t19-,22-/m1/s1. The molecule has 3 rings (SSSR count). The highest BCUT2D eigenvalue weighted by Gasteiger charge is 2.41. The van der Waals surface area contributed by atoms with Gasteiger partial charge in [-0.3, -0.25) is 9.59 Å². The average molecular weight is 398 g/mol. The normalized spacial score (nSPS) is 18.8. The number of rotatable bonds is 6. The van der Waals surface area contributed by atoms with Crippen molar-refractivity contribution in [2.45, 2.75) is 19.3 Å². The van der Waals surface area contributed by atoms with Crippen LogP contribution in [0.4, 0.5) is 4.39 Å². The van der Waals surface area contributed by atoms with Crippen LogP contribution in [0.1, 0.15) is 30.4 Å². The summed E-state index contributed by atoms with van der Waals surface area (Å²) >= 11 is 0. The van der Waals surface area contributed by atoms with E-state index < -0.39 is 17.8 Å². The maximum atomic E-state index is 13.7. The number of carbonyl (C=O) groups excluding carboxylic acids is 2. The number of methoxy groups -OCH3 is 2. The lowest BCUT2D eigenvalue weighted by molar-refractivity contribution is -0.151. The number of carbonyl (C=O) groups is 2. The Labute approximate surface area is 169 Å². The SMILES string of the molecule is CCOC(=O)[C@H]1C(=O)C=C(c2cccc(F)c2)C[C@@H]1c1cc(OC)ccc1OC. The number of ether oxygens (including phenoxy) is 3. The largest absolute Gasteiger partial charge is 0.497 e. The van der Waals surface area contributed by atoms with Crippen molar-refractivity contribution in [2.24, 2.45) is 5.92 Å². The minimum absolute atomic E-state index is 0.172. The van der Waals surface area contributed by atoms with Crippen LogP contribution in [0.3, 0.4) is 0 Å². The molecule has 6 heteroatoms. The summed E-state index contributed by atoms with van der Waals surface area (Å²) in [7, 11) is 3.07. The second-order valence-corrected chi connectivity index (χ2v) is 6.73. The summed E-state index contributed by atoms with van der Waals surface area (Å²) in [4.78, 5) is 25.6. The zero-order valence-electron chi connectivity index (χ0n) is 16.6. The Bertz CT molecular complexity index is 950. The van der Waals surface area contributed by atoms with Gasteiger partial charge in [0.15, 0.2) is 5.78 Å². The lowest BCUT2D eigenvalue weighted by Gasteiger charge is -2.30. The fraction of sp³-hybridized carbons (Fsp3) is 0.304. The van der Waals surface area contributed by atoms with Crippen LogP contribution in [-0.2, 0) is 14.3 Å². The highest BCUT2D eigenvalue weighted by Crippen LogP contribution is 2.44. The summed E-state index contributed by atoms with van der Waals surface area (Å²) in [6.45, 7) is 1.87. The zero-order valence-corrected chi connectivity index (χ0v) is 16.6. The Morgan fingerprint density at radius 1 is 1.14 bits per heavy atom. The molecule has 0 saturated carbocycles. The van der Waals surface area contributed by atoms with E-state index >= 15 is 0 Å². The molecule has 0 N–H and O–H groups in total. The zero-order chi connectivity index (χ0) is 21.0. The molecule has 0 radical (unpaired) electrons. The first-order valence-corrected chi connectivity index (χ1v) is 9.37. The van der Waals surface area contributed by atoms with Gasteiger partial charge in [0.2, 0.25) is 0 Å². The lowest BCUT2D eigenvalue weighted by Crippen LogP contribution is -2.34. The van der Waals surface area contributed by atoms with Crippen molar-refractivity contribution in [3.63, 3.8) is 0 Å². The van der Waals surface area contributed by atoms with Gasteiger partial charge < -0.3 is 14.2 Å². The molecule has 2 aromatic carbocycles. The number of hydrogen-bond donors (Lipinski definition) is 0. The molecule has 1 aliphatic carbocycles. The van der Waals surface area contributed by atoms with E-state index in [9.17, 15) is 14.0 Å². The summed E-state index contributed by atoms with van der Waals surface area (Å²) in [5.74, 6) is -1.76. The Hall–Kier alpha value is -3.15. The molecular formula is C23H23FO5. The number of benzene rings is 2. The van der Waals surface area contributed by atoms with Gasteiger partial charge in [0.1, 0.15) is 23.2 Å². The van der Waals surface area contributed by atoms with Crippen LogP contribution in [0, 0.1) is 11.7 Å². The second kappa shape index (κ2) is 8.90. The minimum atomic E-state index is -1.01. The lowest BCUT2D eigenvalue weighted by atomic mass is 9.73. The predicted molar refractivity (Wildman–Crippen MR) is 106 cm³/mol. The third-order valence-electron chi connectivity index (χ3n) is 5.04. The van der Waals surface area contributed by atoms with E-state index in [2.05, 4.69) is 0 Å². The highest BCUT2D eigenvalue weighted by molar-refractivity contribution is 6.10. The first-order chi connectivity index (χ1) is 14.0. The molecular weight excluding hydrogens is 375 g/mol. The Kier molecular flexibility index (Phi) is 6.32. The van der Waals surface area contributed by atoms with Gasteiger partial charge in [0, 0.05) is 11.5 Å². The molecule has 0 spiro atoms. The number of esters is 1. The fourth-order valence-corrected chi connectivity index (χ4v) is 3.69. The van der Waals surface area contributed by atoms with Gasteiger partial charge in [-0.25, -0.2) is 4.39 Å². The number of hydrogen-bond acceptors (Lipinski definition) is 5. The minimum Gasteiger partial charge on any atom is -0.497 e. The van der Waals surface area contributed by atoms with Crippen molar-refractivity contribution < 1.29 is 28.2 Å². The summed E-state index contributed by atoms with van der Waals surface area (Å²) in [5.41, 5.74) is 1.93. The van der Waals surface area contributed by atoms with E-state index in [1.165, 1.54) is 25.3 Å². The van der Waals surface area contributed by atoms with Crippen molar-refractivity contribution in [3.05, 3.63) is 65.5 Å². The van der Waals surface area contributed by atoms with Crippen LogP contribution in [0.25, 0.3) is 5.57 Å². The molecule has 2 atom stereocenters. The van der Waals surface area contributed by atoms with Gasteiger partial charge in [-0.2, -0.15) is 0 Å². The van der Waals surface area contributed by atoms with E-state index in [1.807, 2.05) is 0 Å². The maximum Gasteiger partial charge on any atom is 0.317 e. The molecule has 0 fully saturated rings. The summed E-state index contributed by atoms with van der Waals surface area (Å²) in [6, 6.07) is 11.3. The van der Waals surface area contributed by atoms with Crippen LogP contribution < -0.4 is 9.47 Å². The van der Waals surface area contributed by atoms with E-state index in [4.69, 9.17) is 14.2 Å². The Morgan fingerprint density at radius 2 is 1.93 bits per heavy atom. The second-order valence-electron chi connectivity index (χ2n) is 6.73. The third kappa shape index (κ3) is 4.31. The number of allylic oxidation sites excluding steroid dienone is 2. The molecule has 0 aromatic heterocycles. The highest BCUT2D eigenvalue weighted by atomic mass is 19.1. The molecule has 0 heterocycles. The third-order valence-corrected chi connectivity index (χ3v) is 5.04. The topological polar surface area (TPSA) is 61.8 Å². The van der Waals surface area contributed by atoms with Gasteiger partial charge in [0.25, 0.3) is 0 Å². The molecule has 5 nitrogen and oxygen atoms in total. The Balaban J connectivity index is 2.12. The average Bonchev–Trinajstić information content (AvgIpc) is 2.72. The van der Waals surface area contributed by atoms with Gasteiger partial charge in [-0.05, 0) is 60.9 Å². The van der Waals surface area contributed by atoms with Crippen LogP contribution in [-0.4, -0.2) is 32.6 Å². The molecule has 152 valence electrons. The summed E-state index contributed by atoms with van der Waals surface area (Å²) < 4.78 is 29.7. The molecule has 0 amide bonds. The van der Waals surface area contributed by atoms with Crippen LogP contribution >= 0.6 is 0 Å². The molecule has 0 unspecified atom stereocenters. The Morgan fingerprint density at radius 3 is 2.59 bits per heavy atom. The molecule has 1 aliphatic rings. The van der Waals surface area contributed by atoms with Crippen molar-refractivity contribution >= 4 is 17.3 Å². The monoisotopic (exact) mass is 398 g/mol. The van der Waals surface area contributed by atoms with Crippen molar-refractivity contribution in [1.29, 1.82) is 0 Å². The van der Waals surface area contributed by atoms with Gasteiger partial charge in [-0.15, -0.1) is 0 Å². The first kappa shape index (κ1) is 20.6. The van der Waals surface area contributed by atoms with Crippen LogP contribution in [0.15, 0.2) is 48.5 Å². The van der Waals surface area contributed by atoms with Crippen molar-refractivity contribution in [2.75, 3.05) is 20.8 Å². The number of ketones is 1. The van der Waals surface area contributed by atoms with E-state index in [0.717, 1.165) is 0 Å². The van der Waals surface area contributed by atoms with E-state index in [0.29, 0.717) is 34.6 Å². The molecule has 0 aliphatic heterocycles. The molecule has 2 aromatic rings. The first-order valence-electron chi connectivity index (χ1n) is 9.37. The van der Waals surface area contributed by atoms with Gasteiger partial charge in [0.05, 0.1) is 20.8 Å². The van der Waals surface area contributed by atoms with Crippen molar-refractivity contribution in [1.82, 2.24) is 0 Å². The van der Waals surface area contributed by atoms with Crippen LogP contribution in [0.5, 0.6) is 11.5 Å². The fourth-order valence-electron chi connectivity index (χ4n) is 3.69. The smallest absolute Gasteiger partial charge is 0.317 e. The van der Waals surface area contributed by atoms with Crippen LogP contribution in [0.2, 0.25) is 0 Å². The quantitative estimate of drug-likeness (QED) is 0.540. The van der Waals surface area contributed by atoms with Gasteiger partial charge in [-0.1, -0.05) is 12.1 Å². The van der Waals surface area contributed by atoms with E-state index in [1.54, 1.807) is 44.4 Å². The maximum absolute atomic E-state index is 13.7. The molecule has 29 heavy (non-hydrogen) atoms. The number of halogens is 1. The summed E-state index contributed by atoms with van der Waals surface area (Å²) in [6.07, 6.45) is 1.77. The summed E-state index contributed by atoms with van der Waals surface area (Å²) in [5, 5.41) is 0. The predicted octanol–water partition coefficient (Wildman–Crippen LogP) is 4.16. The van der Waals surface area contributed by atoms with E-state index in [-0.39, 0.29) is 18.2 Å². The van der Waals surface area contributed by atoms with Gasteiger partial charge >= 0.3 is 5.97 Å².